The summed E-state index contributed by atoms with van der Waals surface area (Å²) < 4.78 is 5.29. The molecule has 1 aliphatic heterocycles. The molecule has 1 amide bonds. The van der Waals surface area contributed by atoms with Gasteiger partial charge in [0.05, 0.1) is 12.8 Å². The number of benzene rings is 1. The number of rotatable bonds is 6. The summed E-state index contributed by atoms with van der Waals surface area (Å²) in [6.07, 6.45) is 1.95. The molecule has 1 aliphatic rings. The lowest BCUT2D eigenvalue weighted by Crippen LogP contribution is -2.41. The normalized spacial score (nSPS) is 19.0. The van der Waals surface area contributed by atoms with Gasteiger partial charge >= 0.3 is 0 Å². The van der Waals surface area contributed by atoms with Crippen molar-refractivity contribution in [3.05, 3.63) is 54.0 Å². The number of amides is 1. The van der Waals surface area contributed by atoms with Gasteiger partial charge in [-0.05, 0) is 37.6 Å². The number of nitrogens with zero attached hydrogens (tertiary/aromatic N) is 1. The number of aliphatic imine (C=N–C) groups is 1. The summed E-state index contributed by atoms with van der Waals surface area (Å²) in [5, 5.41) is 19.9. The number of fused-ring (bicyclic) bond motifs is 1. The highest BCUT2D eigenvalue weighted by atomic mass is 16.4. The average molecular weight is 370 g/mol. The average Bonchev–Trinajstić information content (AvgIpc) is 3.19. The molecule has 0 saturated heterocycles. The topological polar surface area (TPSA) is 98.9 Å². The first-order valence-corrected chi connectivity index (χ1v) is 9.17. The number of guanidine groups is 1. The van der Waals surface area contributed by atoms with E-state index in [-0.39, 0.29) is 18.4 Å². The summed E-state index contributed by atoms with van der Waals surface area (Å²) >= 11 is 0. The molecular formula is C20H26N4O3. The predicted molar refractivity (Wildman–Crippen MR) is 105 cm³/mol. The van der Waals surface area contributed by atoms with Crippen LogP contribution in [-0.2, 0) is 10.4 Å². The van der Waals surface area contributed by atoms with Gasteiger partial charge in [0.1, 0.15) is 11.4 Å². The molecule has 2 aromatic rings. The molecule has 2 heterocycles. The van der Waals surface area contributed by atoms with Crippen LogP contribution >= 0.6 is 0 Å². The Kier molecular flexibility index (Phi) is 5.81. The summed E-state index contributed by atoms with van der Waals surface area (Å²) in [7, 11) is 0. The van der Waals surface area contributed by atoms with Crippen LogP contribution in [0.3, 0.4) is 0 Å². The maximum absolute atomic E-state index is 12.0. The largest absolute Gasteiger partial charge is 0.466 e. The summed E-state index contributed by atoms with van der Waals surface area (Å²) in [5.74, 6) is 1.14. The zero-order valence-electron chi connectivity index (χ0n) is 15.7. The third-order valence-corrected chi connectivity index (χ3v) is 4.56. The predicted octanol–water partition coefficient (Wildman–Crippen LogP) is 2.17. The highest BCUT2D eigenvalue weighted by Gasteiger charge is 2.27. The van der Waals surface area contributed by atoms with E-state index in [1.807, 2.05) is 31.2 Å². The van der Waals surface area contributed by atoms with E-state index in [4.69, 9.17) is 4.42 Å². The van der Waals surface area contributed by atoms with Crippen LogP contribution in [0.25, 0.3) is 0 Å². The molecule has 7 nitrogen and oxygen atoms in total. The molecule has 0 fully saturated rings. The Bertz CT molecular complexity index is 799. The van der Waals surface area contributed by atoms with Crippen molar-refractivity contribution in [3.63, 3.8) is 0 Å². The molecule has 2 atom stereocenters. The standard InChI is InChI=1S/C20H26N4O3/c1-3-21-19(23-13-20(2,26)17-9-6-10-27-17)22-12-14-11-18(25)24-16-8-5-4-7-15(14)16/h4-10,14,26H,3,11-13H2,1-2H3,(H,24,25)(H2,21,22,23). The van der Waals surface area contributed by atoms with Crippen molar-refractivity contribution >= 4 is 17.6 Å². The van der Waals surface area contributed by atoms with Crippen LogP contribution in [-0.4, -0.2) is 36.6 Å². The van der Waals surface area contributed by atoms with Crippen LogP contribution in [0.4, 0.5) is 5.69 Å². The third kappa shape index (κ3) is 4.68. The van der Waals surface area contributed by atoms with Crippen molar-refractivity contribution in [1.29, 1.82) is 0 Å². The van der Waals surface area contributed by atoms with Gasteiger partial charge in [0.15, 0.2) is 5.96 Å². The fourth-order valence-corrected chi connectivity index (χ4v) is 3.14. The second-order valence-electron chi connectivity index (χ2n) is 6.86. The SMILES string of the molecule is CCNC(=NCC(C)(O)c1ccco1)NCC1CC(=O)Nc2ccccc21. The van der Waals surface area contributed by atoms with Crippen molar-refractivity contribution < 1.29 is 14.3 Å². The lowest BCUT2D eigenvalue weighted by atomic mass is 9.90. The van der Waals surface area contributed by atoms with Crippen LogP contribution in [0.5, 0.6) is 0 Å². The van der Waals surface area contributed by atoms with Gasteiger partial charge in [0.2, 0.25) is 5.91 Å². The quantitative estimate of drug-likeness (QED) is 0.461. The highest BCUT2D eigenvalue weighted by Crippen LogP contribution is 2.31. The van der Waals surface area contributed by atoms with Gasteiger partial charge in [0.25, 0.3) is 0 Å². The van der Waals surface area contributed by atoms with Gasteiger partial charge in [-0.15, -0.1) is 0 Å². The minimum atomic E-state index is -1.19. The molecule has 0 saturated carbocycles. The van der Waals surface area contributed by atoms with E-state index in [9.17, 15) is 9.90 Å². The second-order valence-corrected chi connectivity index (χ2v) is 6.86. The first-order chi connectivity index (χ1) is 13.0. The maximum atomic E-state index is 12.0. The first-order valence-electron chi connectivity index (χ1n) is 9.17. The number of furan rings is 1. The Hall–Kier alpha value is -2.80. The van der Waals surface area contributed by atoms with E-state index < -0.39 is 5.60 Å². The summed E-state index contributed by atoms with van der Waals surface area (Å²) in [5.41, 5.74) is 0.787. The summed E-state index contributed by atoms with van der Waals surface area (Å²) in [6, 6.07) is 11.3. The van der Waals surface area contributed by atoms with Gasteiger partial charge in [-0.1, -0.05) is 18.2 Å². The molecule has 4 N–H and O–H groups in total. The molecule has 0 bridgehead atoms. The number of carbonyl (C=O) groups is 1. The first kappa shape index (κ1) is 19.0. The van der Waals surface area contributed by atoms with Gasteiger partial charge in [-0.3, -0.25) is 4.79 Å². The molecule has 3 rings (SSSR count). The lowest BCUT2D eigenvalue weighted by Gasteiger charge is -2.26. The van der Waals surface area contributed by atoms with E-state index in [1.54, 1.807) is 19.1 Å². The van der Waals surface area contributed by atoms with Crippen molar-refractivity contribution in [2.45, 2.75) is 31.8 Å². The van der Waals surface area contributed by atoms with Crippen LogP contribution in [0.2, 0.25) is 0 Å². The van der Waals surface area contributed by atoms with Gasteiger partial charge < -0.3 is 25.5 Å². The number of nitrogens with one attached hydrogen (secondary N) is 3. The van der Waals surface area contributed by atoms with Crippen LogP contribution in [0, 0.1) is 0 Å². The van der Waals surface area contributed by atoms with E-state index in [0.29, 0.717) is 31.2 Å². The molecule has 0 aliphatic carbocycles. The molecule has 27 heavy (non-hydrogen) atoms. The fraction of sp³-hybridized carbons (Fsp3) is 0.400. The summed E-state index contributed by atoms with van der Waals surface area (Å²) in [6.45, 7) is 5.05. The van der Waals surface area contributed by atoms with Crippen LogP contribution in [0.15, 0.2) is 52.1 Å². The number of hydrogen-bond acceptors (Lipinski definition) is 4. The number of hydrogen-bond donors (Lipinski definition) is 4. The van der Waals surface area contributed by atoms with E-state index in [2.05, 4.69) is 20.9 Å². The maximum Gasteiger partial charge on any atom is 0.225 e. The Morgan fingerprint density at radius 2 is 2.15 bits per heavy atom. The van der Waals surface area contributed by atoms with Crippen molar-refractivity contribution in [2.24, 2.45) is 4.99 Å². The van der Waals surface area contributed by atoms with E-state index in [0.717, 1.165) is 11.3 Å². The monoisotopic (exact) mass is 370 g/mol. The number of carbonyl (C=O) groups excluding carboxylic acids is 1. The fourth-order valence-electron chi connectivity index (χ4n) is 3.14. The Morgan fingerprint density at radius 3 is 2.89 bits per heavy atom. The molecular weight excluding hydrogens is 344 g/mol. The van der Waals surface area contributed by atoms with Gasteiger partial charge in [-0.2, -0.15) is 0 Å². The number of anilines is 1. The lowest BCUT2D eigenvalue weighted by molar-refractivity contribution is -0.116. The van der Waals surface area contributed by atoms with E-state index in [1.165, 1.54) is 6.26 Å². The summed E-state index contributed by atoms with van der Waals surface area (Å²) in [4.78, 5) is 16.5. The molecule has 1 aromatic carbocycles. The molecule has 144 valence electrons. The minimum absolute atomic E-state index is 0.0168. The smallest absolute Gasteiger partial charge is 0.225 e. The van der Waals surface area contributed by atoms with Crippen LogP contribution in [0.1, 0.15) is 37.5 Å². The zero-order valence-corrected chi connectivity index (χ0v) is 15.7. The molecule has 0 radical (unpaired) electrons. The van der Waals surface area contributed by atoms with Crippen molar-refractivity contribution in [1.82, 2.24) is 10.6 Å². The molecule has 7 heteroatoms. The second kappa shape index (κ2) is 8.26. The minimum Gasteiger partial charge on any atom is -0.466 e. The van der Waals surface area contributed by atoms with Crippen molar-refractivity contribution in [2.75, 3.05) is 25.0 Å². The Morgan fingerprint density at radius 1 is 1.33 bits per heavy atom. The highest BCUT2D eigenvalue weighted by molar-refractivity contribution is 5.94. The Balaban J connectivity index is 1.67. The number of aliphatic hydroxyl groups is 1. The van der Waals surface area contributed by atoms with Crippen molar-refractivity contribution in [3.8, 4) is 0 Å². The molecule has 2 unspecified atom stereocenters. The van der Waals surface area contributed by atoms with Gasteiger partial charge in [-0.25, -0.2) is 4.99 Å². The third-order valence-electron chi connectivity index (χ3n) is 4.56. The van der Waals surface area contributed by atoms with Gasteiger partial charge in [0, 0.05) is 31.1 Å². The Labute approximate surface area is 158 Å². The molecule has 0 spiro atoms. The molecule has 1 aromatic heterocycles. The zero-order chi connectivity index (χ0) is 19.3. The van der Waals surface area contributed by atoms with Crippen LogP contribution < -0.4 is 16.0 Å². The number of para-hydroxylation sites is 1. The van der Waals surface area contributed by atoms with E-state index >= 15 is 0 Å².